The van der Waals surface area contributed by atoms with E-state index in [0.29, 0.717) is 12.2 Å². The summed E-state index contributed by atoms with van der Waals surface area (Å²) in [6.45, 7) is 3.99. The van der Waals surface area contributed by atoms with Crippen molar-refractivity contribution in [1.29, 1.82) is 0 Å². The predicted octanol–water partition coefficient (Wildman–Crippen LogP) is 3.50. The first-order valence-electron chi connectivity index (χ1n) is 10.6. The third kappa shape index (κ3) is 3.78. The number of allylic oxidation sites excluding steroid dienone is 5. The van der Waals surface area contributed by atoms with E-state index in [1.807, 2.05) is 17.6 Å². The highest BCUT2D eigenvalue weighted by Crippen LogP contribution is 2.41. The maximum atomic E-state index is 12.9. The zero-order valence-corrected chi connectivity index (χ0v) is 18.6. The second kappa shape index (κ2) is 8.30. The first-order chi connectivity index (χ1) is 14.9. The van der Waals surface area contributed by atoms with Crippen LogP contribution in [0.25, 0.3) is 11.0 Å². The van der Waals surface area contributed by atoms with Gasteiger partial charge in [0.05, 0.1) is 11.4 Å². The molecule has 1 amide bonds. The molecule has 1 spiro atoms. The average Bonchev–Trinajstić information content (AvgIpc) is 3.13. The molecular formula is C22H27N5O3S. The first kappa shape index (κ1) is 21.3. The van der Waals surface area contributed by atoms with Crippen molar-refractivity contribution in [3.63, 3.8) is 0 Å². The van der Waals surface area contributed by atoms with Gasteiger partial charge in [-0.1, -0.05) is 37.5 Å². The number of fused-ring (bicyclic) bond motifs is 4. The van der Waals surface area contributed by atoms with Crippen molar-refractivity contribution >= 4 is 32.9 Å². The van der Waals surface area contributed by atoms with Crippen LogP contribution in [0, 0.1) is 0 Å². The smallest absolute Gasteiger partial charge is 0.264 e. The van der Waals surface area contributed by atoms with Gasteiger partial charge in [-0.2, -0.15) is 4.98 Å². The van der Waals surface area contributed by atoms with Crippen LogP contribution in [0.5, 0.6) is 0 Å². The van der Waals surface area contributed by atoms with E-state index in [4.69, 9.17) is 0 Å². The quantitative estimate of drug-likeness (QED) is 0.691. The minimum atomic E-state index is -3.87. The maximum absolute atomic E-state index is 12.9. The van der Waals surface area contributed by atoms with Crippen LogP contribution in [-0.2, 0) is 26.9 Å². The summed E-state index contributed by atoms with van der Waals surface area (Å²) >= 11 is 0. The minimum Gasteiger partial charge on any atom is -0.348 e. The van der Waals surface area contributed by atoms with Gasteiger partial charge in [-0.05, 0) is 44.9 Å². The number of nitrogens with one attached hydrogen (secondary N) is 2. The topological polar surface area (TPSA) is 106 Å². The highest BCUT2D eigenvalue weighted by molar-refractivity contribution is 7.96. The number of amides is 1. The van der Waals surface area contributed by atoms with Crippen molar-refractivity contribution in [3.8, 4) is 0 Å². The van der Waals surface area contributed by atoms with Crippen LogP contribution in [0.1, 0.15) is 51.6 Å². The molecule has 2 aliphatic rings. The van der Waals surface area contributed by atoms with E-state index in [1.165, 1.54) is 12.2 Å². The first-order valence-corrected chi connectivity index (χ1v) is 12.0. The Morgan fingerprint density at radius 1 is 1.23 bits per heavy atom. The molecule has 0 saturated heterocycles. The van der Waals surface area contributed by atoms with Crippen molar-refractivity contribution in [2.24, 2.45) is 0 Å². The summed E-state index contributed by atoms with van der Waals surface area (Å²) in [5.74, 6) is 0.00354. The van der Waals surface area contributed by atoms with Crippen LogP contribution < -0.4 is 10.0 Å². The van der Waals surface area contributed by atoms with Crippen LogP contribution in [-0.4, -0.2) is 28.9 Å². The highest BCUT2D eigenvalue weighted by atomic mass is 32.2. The van der Waals surface area contributed by atoms with Gasteiger partial charge in [-0.15, -0.1) is 0 Å². The Kier molecular flexibility index (Phi) is 5.70. The monoisotopic (exact) mass is 441 g/mol. The number of sulfonamides is 1. The van der Waals surface area contributed by atoms with Crippen LogP contribution >= 0.6 is 0 Å². The Bertz CT molecular complexity index is 1200. The van der Waals surface area contributed by atoms with E-state index in [-0.39, 0.29) is 16.8 Å². The molecule has 4 rings (SSSR count). The number of nitrogens with zero attached hydrogens (tertiary/aromatic N) is 3. The molecule has 2 aromatic heterocycles. The molecule has 164 valence electrons. The Morgan fingerprint density at radius 3 is 2.71 bits per heavy atom. The summed E-state index contributed by atoms with van der Waals surface area (Å²) in [5, 5.41) is 3.81. The van der Waals surface area contributed by atoms with Crippen molar-refractivity contribution in [3.05, 3.63) is 53.2 Å². The lowest BCUT2D eigenvalue weighted by molar-refractivity contribution is -0.133. The van der Waals surface area contributed by atoms with E-state index >= 15 is 0 Å². The lowest BCUT2D eigenvalue weighted by atomic mass is 9.79. The summed E-state index contributed by atoms with van der Waals surface area (Å²) < 4.78 is 30.3. The number of hydrogen-bond acceptors (Lipinski definition) is 5. The minimum absolute atomic E-state index is 0.0128. The lowest BCUT2D eigenvalue weighted by Gasteiger charge is -2.41. The second-order valence-corrected chi connectivity index (χ2v) is 9.60. The van der Waals surface area contributed by atoms with Gasteiger partial charge in [-0.3, -0.25) is 4.79 Å². The largest absolute Gasteiger partial charge is 0.348 e. The zero-order chi connectivity index (χ0) is 22.1. The van der Waals surface area contributed by atoms with Crippen molar-refractivity contribution in [2.45, 2.75) is 58.0 Å². The Balaban J connectivity index is 1.78. The molecule has 1 saturated carbocycles. The maximum Gasteiger partial charge on any atom is 0.264 e. The molecule has 2 N–H and O–H groups in total. The highest BCUT2D eigenvalue weighted by Gasteiger charge is 2.45. The van der Waals surface area contributed by atoms with Crippen molar-refractivity contribution in [1.82, 2.24) is 19.9 Å². The van der Waals surface area contributed by atoms with Crippen LogP contribution in [0.15, 0.2) is 47.5 Å². The lowest BCUT2D eigenvalue weighted by Crippen LogP contribution is -2.54. The zero-order valence-electron chi connectivity index (χ0n) is 17.8. The molecule has 3 heterocycles. The van der Waals surface area contributed by atoms with E-state index in [0.717, 1.165) is 43.2 Å². The van der Waals surface area contributed by atoms with Crippen molar-refractivity contribution < 1.29 is 13.2 Å². The van der Waals surface area contributed by atoms with Gasteiger partial charge in [0.1, 0.15) is 11.2 Å². The average molecular weight is 442 g/mol. The number of carbonyl (C=O) groups is 1. The molecule has 0 aromatic carbocycles. The van der Waals surface area contributed by atoms with Gasteiger partial charge in [0.15, 0.2) is 0 Å². The van der Waals surface area contributed by atoms with Gasteiger partial charge in [-0.25, -0.2) is 18.1 Å². The standard InChI is InChI=1S/C22H27N5O3S/c1-3-5-10-18(9-4-2)31(29,30)26-21-24-14-16-13-17-15-23-20(28)22(11-7-6-8-12-22)27(17)19(16)25-21/h3-5,9-10,13-14H,6-8,11-12,15H2,1-2H3,(H,23,28)(H,24,25,26)/b5-3-,9-4-,18-10+. The molecule has 1 aliphatic carbocycles. The SMILES string of the molecule is C\C=C/C=C(\C=C/C)S(=O)(=O)Nc1ncc2cc3n(c2n1)C1(CCCCC1)C(=O)NC3. The molecule has 0 bridgehead atoms. The number of rotatable bonds is 5. The summed E-state index contributed by atoms with van der Waals surface area (Å²) in [6.07, 6.45) is 14.3. The predicted molar refractivity (Wildman–Crippen MR) is 121 cm³/mol. The molecule has 1 fully saturated rings. The molecule has 0 unspecified atom stereocenters. The van der Waals surface area contributed by atoms with E-state index in [1.54, 1.807) is 31.3 Å². The molecule has 31 heavy (non-hydrogen) atoms. The Labute approximate surface area is 182 Å². The van der Waals surface area contributed by atoms with Gasteiger partial charge in [0.25, 0.3) is 10.0 Å². The van der Waals surface area contributed by atoms with E-state index < -0.39 is 15.6 Å². The molecule has 8 nitrogen and oxygen atoms in total. The normalized spacial score (nSPS) is 19.3. The number of aromatic nitrogens is 3. The van der Waals surface area contributed by atoms with Gasteiger partial charge >= 0.3 is 0 Å². The number of anilines is 1. The van der Waals surface area contributed by atoms with Gasteiger partial charge in [0.2, 0.25) is 11.9 Å². The summed E-state index contributed by atoms with van der Waals surface area (Å²) in [6, 6.07) is 1.97. The number of hydrogen-bond donors (Lipinski definition) is 2. The molecule has 0 radical (unpaired) electrons. The van der Waals surface area contributed by atoms with Crippen LogP contribution in [0.3, 0.4) is 0 Å². The van der Waals surface area contributed by atoms with Crippen molar-refractivity contribution in [2.75, 3.05) is 4.72 Å². The Morgan fingerprint density at radius 2 is 2.00 bits per heavy atom. The fraction of sp³-hybridized carbons (Fsp3) is 0.409. The molecular weight excluding hydrogens is 414 g/mol. The molecule has 9 heteroatoms. The molecule has 2 aromatic rings. The van der Waals surface area contributed by atoms with Crippen LogP contribution in [0.4, 0.5) is 5.95 Å². The van der Waals surface area contributed by atoms with Gasteiger partial charge < -0.3 is 9.88 Å². The summed E-state index contributed by atoms with van der Waals surface area (Å²) in [4.78, 5) is 21.8. The van der Waals surface area contributed by atoms with Crippen LogP contribution in [0.2, 0.25) is 0 Å². The number of carbonyl (C=O) groups excluding carboxylic acids is 1. The summed E-state index contributed by atoms with van der Waals surface area (Å²) in [5.41, 5.74) is 0.887. The van der Waals surface area contributed by atoms with E-state index in [2.05, 4.69) is 20.0 Å². The second-order valence-electron chi connectivity index (χ2n) is 7.92. The van der Waals surface area contributed by atoms with E-state index in [9.17, 15) is 13.2 Å². The summed E-state index contributed by atoms with van der Waals surface area (Å²) in [7, 11) is -3.87. The third-order valence-corrected chi connectivity index (χ3v) is 7.24. The third-order valence-electron chi connectivity index (χ3n) is 5.90. The molecule has 1 aliphatic heterocycles. The molecule has 0 atom stereocenters. The fourth-order valence-electron chi connectivity index (χ4n) is 4.49. The fourth-order valence-corrected chi connectivity index (χ4v) is 5.52. The van der Waals surface area contributed by atoms with Gasteiger partial charge in [0, 0.05) is 17.3 Å². The Hall–Kier alpha value is -2.94.